The van der Waals surface area contributed by atoms with Crippen LogP contribution in [0.25, 0.3) is 0 Å². The van der Waals surface area contributed by atoms with Gasteiger partial charge in [-0.3, -0.25) is 4.79 Å². The Hall–Kier alpha value is -1.55. The molecule has 0 fully saturated rings. The van der Waals surface area contributed by atoms with Gasteiger partial charge in [-0.2, -0.15) is 0 Å². The number of benzene rings is 1. The van der Waals surface area contributed by atoms with Gasteiger partial charge in [0.2, 0.25) is 5.91 Å². The lowest BCUT2D eigenvalue weighted by Crippen LogP contribution is -2.31. The van der Waals surface area contributed by atoms with E-state index in [1.165, 1.54) is 0 Å². The van der Waals surface area contributed by atoms with Crippen LogP contribution in [0.1, 0.15) is 38.7 Å². The molecular weight excluding hydrogens is 240 g/mol. The van der Waals surface area contributed by atoms with Crippen LogP contribution < -0.4 is 15.4 Å². The Morgan fingerprint density at radius 3 is 2.47 bits per heavy atom. The highest BCUT2D eigenvalue weighted by molar-refractivity contribution is 5.93. The standard InChI is InChI=1S/C15H24N2O2/c1-10(2)13-9-12(6-7-14(13)19-5)17(4)15(18)8-11(3)16/h6-7,9-11H,8,16H2,1-5H3. The average molecular weight is 264 g/mol. The molecule has 1 atom stereocenters. The number of methoxy groups -OCH3 is 1. The lowest BCUT2D eigenvalue weighted by molar-refractivity contribution is -0.118. The molecule has 0 bridgehead atoms. The van der Waals surface area contributed by atoms with Crippen molar-refractivity contribution in [3.8, 4) is 5.75 Å². The van der Waals surface area contributed by atoms with Crippen LogP contribution in [0.15, 0.2) is 18.2 Å². The molecule has 19 heavy (non-hydrogen) atoms. The number of nitrogens with zero attached hydrogens (tertiary/aromatic N) is 1. The van der Waals surface area contributed by atoms with Crippen molar-refractivity contribution >= 4 is 11.6 Å². The van der Waals surface area contributed by atoms with E-state index in [1.54, 1.807) is 19.1 Å². The van der Waals surface area contributed by atoms with E-state index in [4.69, 9.17) is 10.5 Å². The Balaban J connectivity index is 3.01. The van der Waals surface area contributed by atoms with Gasteiger partial charge in [0.15, 0.2) is 0 Å². The summed E-state index contributed by atoms with van der Waals surface area (Å²) in [5.41, 5.74) is 7.63. The van der Waals surface area contributed by atoms with E-state index in [0.717, 1.165) is 17.0 Å². The third-order valence-corrected chi connectivity index (χ3v) is 3.09. The minimum absolute atomic E-state index is 0.0230. The molecule has 1 amide bonds. The van der Waals surface area contributed by atoms with Crippen LogP contribution in [-0.4, -0.2) is 26.1 Å². The highest BCUT2D eigenvalue weighted by atomic mass is 16.5. The first-order chi connectivity index (χ1) is 8.86. The highest BCUT2D eigenvalue weighted by Crippen LogP contribution is 2.30. The van der Waals surface area contributed by atoms with Gasteiger partial charge in [-0.25, -0.2) is 0 Å². The van der Waals surface area contributed by atoms with Gasteiger partial charge in [0, 0.05) is 25.2 Å². The normalized spacial score (nSPS) is 12.4. The molecule has 106 valence electrons. The van der Waals surface area contributed by atoms with Crippen molar-refractivity contribution in [2.24, 2.45) is 5.73 Å². The molecule has 0 aliphatic carbocycles. The van der Waals surface area contributed by atoms with Crippen LogP contribution in [0, 0.1) is 0 Å². The van der Waals surface area contributed by atoms with Gasteiger partial charge in [-0.05, 0) is 36.6 Å². The minimum atomic E-state index is -0.127. The molecule has 4 nitrogen and oxygen atoms in total. The number of carbonyl (C=O) groups is 1. The van der Waals surface area contributed by atoms with Crippen molar-refractivity contribution in [1.82, 2.24) is 0 Å². The van der Waals surface area contributed by atoms with Gasteiger partial charge in [-0.15, -0.1) is 0 Å². The van der Waals surface area contributed by atoms with Gasteiger partial charge in [-0.1, -0.05) is 13.8 Å². The molecule has 1 aromatic rings. The summed E-state index contributed by atoms with van der Waals surface area (Å²) in [4.78, 5) is 13.7. The maximum atomic E-state index is 12.0. The molecule has 1 aromatic carbocycles. The molecule has 0 radical (unpaired) electrons. The maximum absolute atomic E-state index is 12.0. The summed E-state index contributed by atoms with van der Waals surface area (Å²) in [5, 5.41) is 0. The Morgan fingerprint density at radius 2 is 2.00 bits per heavy atom. The molecule has 0 saturated carbocycles. The number of hydrogen-bond acceptors (Lipinski definition) is 3. The predicted octanol–water partition coefficient (Wildman–Crippen LogP) is 2.52. The van der Waals surface area contributed by atoms with Crippen LogP contribution in [-0.2, 0) is 4.79 Å². The zero-order chi connectivity index (χ0) is 14.6. The number of hydrogen-bond donors (Lipinski definition) is 1. The molecule has 2 N–H and O–H groups in total. The summed E-state index contributed by atoms with van der Waals surface area (Å²) >= 11 is 0. The second kappa shape index (κ2) is 6.57. The van der Waals surface area contributed by atoms with Crippen LogP contribution in [0.3, 0.4) is 0 Å². The maximum Gasteiger partial charge on any atom is 0.228 e. The summed E-state index contributed by atoms with van der Waals surface area (Å²) < 4.78 is 5.34. The molecule has 0 aromatic heterocycles. The number of carbonyl (C=O) groups excluding carboxylic acids is 1. The largest absolute Gasteiger partial charge is 0.496 e. The topological polar surface area (TPSA) is 55.6 Å². The molecule has 0 saturated heterocycles. The summed E-state index contributed by atoms with van der Waals surface area (Å²) in [6.45, 7) is 6.04. The highest BCUT2D eigenvalue weighted by Gasteiger charge is 2.15. The van der Waals surface area contributed by atoms with E-state index in [1.807, 2.05) is 25.1 Å². The van der Waals surface area contributed by atoms with E-state index >= 15 is 0 Å². The zero-order valence-corrected chi connectivity index (χ0v) is 12.4. The van der Waals surface area contributed by atoms with Crippen molar-refractivity contribution in [3.63, 3.8) is 0 Å². The Morgan fingerprint density at radius 1 is 1.37 bits per heavy atom. The van der Waals surface area contributed by atoms with Gasteiger partial charge >= 0.3 is 0 Å². The van der Waals surface area contributed by atoms with Gasteiger partial charge in [0.25, 0.3) is 0 Å². The van der Waals surface area contributed by atoms with E-state index in [2.05, 4.69) is 13.8 Å². The predicted molar refractivity (Wildman–Crippen MR) is 78.8 cm³/mol. The molecule has 1 rings (SSSR count). The van der Waals surface area contributed by atoms with Gasteiger partial charge < -0.3 is 15.4 Å². The van der Waals surface area contributed by atoms with Crippen LogP contribution in [0.4, 0.5) is 5.69 Å². The quantitative estimate of drug-likeness (QED) is 0.889. The monoisotopic (exact) mass is 264 g/mol. The summed E-state index contributed by atoms with van der Waals surface area (Å²) in [5.74, 6) is 1.22. The van der Waals surface area contributed by atoms with Crippen molar-refractivity contribution in [3.05, 3.63) is 23.8 Å². The Bertz CT molecular complexity index is 442. The molecule has 0 spiro atoms. The van der Waals surface area contributed by atoms with Crippen molar-refractivity contribution < 1.29 is 9.53 Å². The van der Waals surface area contributed by atoms with E-state index in [9.17, 15) is 4.79 Å². The summed E-state index contributed by atoms with van der Waals surface area (Å²) in [6, 6.07) is 5.67. The number of nitrogens with two attached hydrogens (primary N) is 1. The number of ether oxygens (including phenoxy) is 1. The first kappa shape index (κ1) is 15.5. The number of anilines is 1. The number of amides is 1. The third kappa shape index (κ3) is 3.96. The zero-order valence-electron chi connectivity index (χ0n) is 12.4. The van der Waals surface area contributed by atoms with Crippen LogP contribution in [0.5, 0.6) is 5.75 Å². The summed E-state index contributed by atoms with van der Waals surface area (Å²) in [7, 11) is 3.43. The molecule has 0 aliphatic rings. The SMILES string of the molecule is COc1ccc(N(C)C(=O)CC(C)N)cc1C(C)C. The van der Waals surface area contributed by atoms with Crippen molar-refractivity contribution in [2.45, 2.75) is 39.2 Å². The molecule has 0 aliphatic heterocycles. The smallest absolute Gasteiger partial charge is 0.228 e. The van der Waals surface area contributed by atoms with Gasteiger partial charge in [0.05, 0.1) is 7.11 Å². The molecule has 4 heteroatoms. The third-order valence-electron chi connectivity index (χ3n) is 3.09. The van der Waals surface area contributed by atoms with Crippen LogP contribution in [0.2, 0.25) is 0 Å². The fourth-order valence-corrected chi connectivity index (χ4v) is 1.94. The summed E-state index contributed by atoms with van der Waals surface area (Å²) in [6.07, 6.45) is 0.347. The van der Waals surface area contributed by atoms with Crippen LogP contribution >= 0.6 is 0 Å². The Kier molecular flexibility index (Phi) is 5.36. The second-order valence-corrected chi connectivity index (χ2v) is 5.22. The second-order valence-electron chi connectivity index (χ2n) is 5.22. The fraction of sp³-hybridized carbons (Fsp3) is 0.533. The van der Waals surface area contributed by atoms with Crippen molar-refractivity contribution in [2.75, 3.05) is 19.1 Å². The fourth-order valence-electron chi connectivity index (χ4n) is 1.94. The average Bonchev–Trinajstić information content (AvgIpc) is 2.36. The molecule has 1 unspecified atom stereocenters. The lowest BCUT2D eigenvalue weighted by Gasteiger charge is -2.21. The molecule has 0 heterocycles. The number of rotatable bonds is 5. The Labute approximate surface area is 115 Å². The first-order valence-corrected chi connectivity index (χ1v) is 6.56. The lowest BCUT2D eigenvalue weighted by atomic mass is 10.0. The van der Waals surface area contributed by atoms with Gasteiger partial charge in [0.1, 0.15) is 5.75 Å². The van der Waals surface area contributed by atoms with Crippen molar-refractivity contribution in [1.29, 1.82) is 0 Å². The molecular formula is C15H24N2O2. The van der Waals surface area contributed by atoms with E-state index in [0.29, 0.717) is 12.3 Å². The first-order valence-electron chi connectivity index (χ1n) is 6.56. The minimum Gasteiger partial charge on any atom is -0.496 e. The van der Waals surface area contributed by atoms with E-state index < -0.39 is 0 Å². The van der Waals surface area contributed by atoms with E-state index in [-0.39, 0.29) is 11.9 Å².